The number of benzene rings is 1. The predicted molar refractivity (Wildman–Crippen MR) is 75.8 cm³/mol. The molecule has 2 aromatic heterocycles. The normalized spacial score (nSPS) is 12.0. The molecule has 0 amide bonds. The molecule has 0 bridgehead atoms. The van der Waals surface area contributed by atoms with Gasteiger partial charge in [-0.3, -0.25) is 0 Å². The molecule has 0 fully saturated rings. The Kier molecular flexibility index (Phi) is 3.29. The molecule has 0 atom stereocenters. The highest BCUT2D eigenvalue weighted by molar-refractivity contribution is 7.89. The summed E-state index contributed by atoms with van der Waals surface area (Å²) in [5, 5.41) is 0. The standard InChI is InChI=1S/C13H14N4O2S/c18-20(19,10-5-7-14-9-10)15-8-6-13-16-11-3-1-2-4-12(11)17-13/h1-5,7,9,14-15H,6,8H2,(H,16,17). The third-order valence-corrected chi connectivity index (χ3v) is 4.43. The number of H-pyrrole nitrogens is 2. The van der Waals surface area contributed by atoms with Gasteiger partial charge in [0.15, 0.2) is 0 Å². The molecule has 0 spiro atoms. The Morgan fingerprint density at radius 3 is 2.80 bits per heavy atom. The summed E-state index contributed by atoms with van der Waals surface area (Å²) in [6, 6.07) is 9.22. The zero-order chi connectivity index (χ0) is 14.0. The highest BCUT2D eigenvalue weighted by Crippen LogP contribution is 2.11. The number of aromatic nitrogens is 3. The lowest BCUT2D eigenvalue weighted by atomic mass is 10.3. The highest BCUT2D eigenvalue weighted by atomic mass is 32.2. The van der Waals surface area contributed by atoms with Gasteiger partial charge in [0.05, 0.1) is 15.9 Å². The smallest absolute Gasteiger partial charge is 0.242 e. The van der Waals surface area contributed by atoms with Crippen LogP contribution in [-0.2, 0) is 16.4 Å². The van der Waals surface area contributed by atoms with Crippen molar-refractivity contribution < 1.29 is 8.42 Å². The van der Waals surface area contributed by atoms with Crippen molar-refractivity contribution in [3.63, 3.8) is 0 Å². The van der Waals surface area contributed by atoms with E-state index in [9.17, 15) is 8.42 Å². The van der Waals surface area contributed by atoms with Crippen molar-refractivity contribution in [2.45, 2.75) is 11.3 Å². The van der Waals surface area contributed by atoms with E-state index in [0.29, 0.717) is 13.0 Å². The summed E-state index contributed by atoms with van der Waals surface area (Å²) < 4.78 is 26.3. The molecule has 0 aliphatic carbocycles. The molecule has 0 aliphatic heterocycles. The Morgan fingerprint density at radius 1 is 1.20 bits per heavy atom. The first kappa shape index (κ1) is 12.9. The van der Waals surface area contributed by atoms with Crippen LogP contribution in [0.5, 0.6) is 0 Å². The van der Waals surface area contributed by atoms with Crippen LogP contribution in [-0.4, -0.2) is 29.9 Å². The predicted octanol–water partition coefficient (Wildman–Crippen LogP) is 1.41. The quantitative estimate of drug-likeness (QED) is 0.663. The van der Waals surface area contributed by atoms with Gasteiger partial charge < -0.3 is 9.97 Å². The third-order valence-electron chi connectivity index (χ3n) is 2.97. The Hall–Kier alpha value is -2.12. The molecule has 0 unspecified atom stereocenters. The molecule has 0 radical (unpaired) electrons. The van der Waals surface area contributed by atoms with Gasteiger partial charge in [-0.1, -0.05) is 12.1 Å². The van der Waals surface area contributed by atoms with E-state index in [-0.39, 0.29) is 4.90 Å². The first-order valence-electron chi connectivity index (χ1n) is 6.21. The summed E-state index contributed by atoms with van der Waals surface area (Å²) in [7, 11) is -3.44. The molecule has 1 aromatic carbocycles. The molecule has 7 heteroatoms. The molecule has 3 aromatic rings. The lowest BCUT2D eigenvalue weighted by Crippen LogP contribution is -2.25. The van der Waals surface area contributed by atoms with Gasteiger partial charge >= 0.3 is 0 Å². The monoisotopic (exact) mass is 290 g/mol. The number of aromatic amines is 2. The lowest BCUT2D eigenvalue weighted by Gasteiger charge is -2.03. The van der Waals surface area contributed by atoms with Gasteiger partial charge in [0.1, 0.15) is 5.82 Å². The van der Waals surface area contributed by atoms with Gasteiger partial charge in [-0.2, -0.15) is 0 Å². The van der Waals surface area contributed by atoms with Gasteiger partial charge in [-0.05, 0) is 18.2 Å². The van der Waals surface area contributed by atoms with Crippen molar-refractivity contribution in [1.29, 1.82) is 0 Å². The molecular formula is C13H14N4O2S. The summed E-state index contributed by atoms with van der Waals surface area (Å²) in [6.07, 6.45) is 3.54. The molecule has 0 aliphatic rings. The molecule has 104 valence electrons. The van der Waals surface area contributed by atoms with Crippen LogP contribution in [0.1, 0.15) is 5.82 Å². The van der Waals surface area contributed by atoms with Crippen LogP contribution in [0.3, 0.4) is 0 Å². The minimum absolute atomic E-state index is 0.238. The third kappa shape index (κ3) is 2.59. The van der Waals surface area contributed by atoms with E-state index in [2.05, 4.69) is 19.7 Å². The summed E-state index contributed by atoms with van der Waals surface area (Å²) in [6.45, 7) is 0.299. The van der Waals surface area contributed by atoms with E-state index >= 15 is 0 Å². The van der Waals surface area contributed by atoms with Crippen LogP contribution in [0.4, 0.5) is 0 Å². The van der Waals surface area contributed by atoms with E-state index in [1.807, 2.05) is 24.3 Å². The zero-order valence-electron chi connectivity index (χ0n) is 10.6. The number of hydrogen-bond acceptors (Lipinski definition) is 3. The number of hydrogen-bond donors (Lipinski definition) is 3. The first-order valence-corrected chi connectivity index (χ1v) is 7.69. The fraction of sp³-hybridized carbons (Fsp3) is 0.154. The maximum absolute atomic E-state index is 11.9. The number of rotatable bonds is 5. The second kappa shape index (κ2) is 5.10. The van der Waals surface area contributed by atoms with Crippen molar-refractivity contribution in [2.24, 2.45) is 0 Å². The van der Waals surface area contributed by atoms with Crippen LogP contribution in [0.25, 0.3) is 11.0 Å². The summed E-state index contributed by atoms with van der Waals surface area (Å²) >= 11 is 0. The van der Waals surface area contributed by atoms with E-state index < -0.39 is 10.0 Å². The molecule has 0 saturated carbocycles. The lowest BCUT2D eigenvalue weighted by molar-refractivity contribution is 0.581. The largest absolute Gasteiger partial charge is 0.366 e. The zero-order valence-corrected chi connectivity index (χ0v) is 11.4. The van der Waals surface area contributed by atoms with Crippen molar-refractivity contribution in [3.05, 3.63) is 48.5 Å². The van der Waals surface area contributed by atoms with E-state index in [1.54, 1.807) is 6.20 Å². The Morgan fingerprint density at radius 2 is 2.05 bits per heavy atom. The van der Waals surface area contributed by atoms with Crippen molar-refractivity contribution >= 4 is 21.1 Å². The fourth-order valence-electron chi connectivity index (χ4n) is 1.99. The molecule has 0 saturated heterocycles. The number of nitrogens with zero attached hydrogens (tertiary/aromatic N) is 1. The Balaban J connectivity index is 1.65. The first-order chi connectivity index (χ1) is 9.65. The van der Waals surface area contributed by atoms with Crippen molar-refractivity contribution in [1.82, 2.24) is 19.7 Å². The molecular weight excluding hydrogens is 276 g/mol. The fourth-order valence-corrected chi connectivity index (χ4v) is 2.99. The van der Waals surface area contributed by atoms with Gasteiger partial charge in [-0.25, -0.2) is 18.1 Å². The minimum atomic E-state index is -3.44. The van der Waals surface area contributed by atoms with Crippen LogP contribution < -0.4 is 4.72 Å². The van der Waals surface area contributed by atoms with Crippen LogP contribution in [0.2, 0.25) is 0 Å². The molecule has 20 heavy (non-hydrogen) atoms. The SMILES string of the molecule is O=S(=O)(NCCc1nc2ccccc2[nH]1)c1cc[nH]c1. The molecule has 3 N–H and O–H groups in total. The van der Waals surface area contributed by atoms with E-state index in [4.69, 9.17) is 0 Å². The average molecular weight is 290 g/mol. The van der Waals surface area contributed by atoms with Crippen LogP contribution >= 0.6 is 0 Å². The molecule has 2 heterocycles. The summed E-state index contributed by atoms with van der Waals surface area (Å²) in [5.74, 6) is 0.767. The number of imidazole rings is 1. The highest BCUT2D eigenvalue weighted by Gasteiger charge is 2.13. The topological polar surface area (TPSA) is 90.6 Å². The number of nitrogens with one attached hydrogen (secondary N) is 3. The Bertz CT molecular complexity index is 773. The second-order valence-electron chi connectivity index (χ2n) is 4.40. The van der Waals surface area contributed by atoms with Crippen LogP contribution in [0.15, 0.2) is 47.6 Å². The van der Waals surface area contributed by atoms with E-state index in [1.165, 1.54) is 12.3 Å². The maximum atomic E-state index is 11.9. The van der Waals surface area contributed by atoms with Crippen molar-refractivity contribution in [3.8, 4) is 0 Å². The van der Waals surface area contributed by atoms with Gasteiger partial charge in [0.2, 0.25) is 10.0 Å². The summed E-state index contributed by atoms with van der Waals surface area (Å²) in [4.78, 5) is 10.5. The average Bonchev–Trinajstić information content (AvgIpc) is 3.07. The molecule has 3 rings (SSSR count). The minimum Gasteiger partial charge on any atom is -0.366 e. The van der Waals surface area contributed by atoms with Crippen LogP contribution in [0, 0.1) is 0 Å². The number of fused-ring (bicyclic) bond motifs is 1. The van der Waals surface area contributed by atoms with Gasteiger partial charge in [0, 0.05) is 25.4 Å². The van der Waals surface area contributed by atoms with E-state index in [0.717, 1.165) is 16.9 Å². The molecule has 6 nitrogen and oxygen atoms in total. The number of para-hydroxylation sites is 2. The van der Waals surface area contributed by atoms with Crippen molar-refractivity contribution in [2.75, 3.05) is 6.54 Å². The number of sulfonamides is 1. The second-order valence-corrected chi connectivity index (χ2v) is 6.16. The maximum Gasteiger partial charge on any atom is 0.242 e. The Labute approximate surface area is 116 Å². The summed E-state index contributed by atoms with van der Waals surface area (Å²) in [5.41, 5.74) is 1.84. The van der Waals surface area contributed by atoms with Gasteiger partial charge in [0.25, 0.3) is 0 Å². The van der Waals surface area contributed by atoms with Gasteiger partial charge in [-0.15, -0.1) is 0 Å².